The van der Waals surface area contributed by atoms with E-state index >= 15 is 0 Å². The second kappa shape index (κ2) is 5.42. The van der Waals surface area contributed by atoms with Crippen molar-refractivity contribution in [2.24, 2.45) is 0 Å². The second-order valence-electron chi connectivity index (χ2n) is 5.53. The van der Waals surface area contributed by atoms with Crippen LogP contribution in [0.1, 0.15) is 50.3 Å². The number of hydrogen-bond donors (Lipinski definition) is 1. The molecule has 2 aliphatic rings. The Morgan fingerprint density at radius 1 is 1.10 bits per heavy atom. The molecule has 1 unspecified atom stereocenters. The van der Waals surface area contributed by atoms with Gasteiger partial charge in [-0.3, -0.25) is 0 Å². The smallest absolute Gasteiger partial charge is 0.280 e. The van der Waals surface area contributed by atoms with Crippen molar-refractivity contribution in [3.05, 3.63) is 11.6 Å². The van der Waals surface area contributed by atoms with E-state index in [4.69, 9.17) is 0 Å². The van der Waals surface area contributed by atoms with Gasteiger partial charge in [-0.1, -0.05) is 6.42 Å². The number of aromatic nitrogens is 3. The maximum Gasteiger partial charge on any atom is 0.280 e. The Kier molecular flexibility index (Phi) is 3.78. The van der Waals surface area contributed by atoms with Gasteiger partial charge < -0.3 is 4.57 Å². The van der Waals surface area contributed by atoms with Crippen LogP contribution in [0, 0.1) is 0 Å². The normalized spacial score (nSPS) is 21.9. The summed E-state index contributed by atoms with van der Waals surface area (Å²) >= 11 is 0. The monoisotopic (exact) mass is 299 g/mol. The van der Waals surface area contributed by atoms with E-state index < -0.39 is 10.2 Å². The molecule has 7 nitrogen and oxygen atoms in total. The van der Waals surface area contributed by atoms with E-state index in [2.05, 4.69) is 14.9 Å². The highest BCUT2D eigenvalue weighted by atomic mass is 32.2. The number of aryl methyl sites for hydroxylation is 1. The van der Waals surface area contributed by atoms with Crippen LogP contribution in [0.15, 0.2) is 0 Å². The van der Waals surface area contributed by atoms with Gasteiger partial charge in [-0.05, 0) is 26.2 Å². The van der Waals surface area contributed by atoms with Gasteiger partial charge in [0.05, 0.1) is 6.04 Å². The number of rotatable bonds is 4. The first-order valence-corrected chi connectivity index (χ1v) is 8.71. The van der Waals surface area contributed by atoms with E-state index in [1.165, 1.54) is 4.31 Å². The molecule has 0 bridgehead atoms. The molecule has 112 valence electrons. The van der Waals surface area contributed by atoms with Crippen molar-refractivity contribution in [2.45, 2.75) is 51.6 Å². The molecule has 0 aromatic carbocycles. The highest BCUT2D eigenvalue weighted by Gasteiger charge is 2.28. The summed E-state index contributed by atoms with van der Waals surface area (Å²) in [6.07, 6.45) is 4.98. The molecule has 3 heterocycles. The van der Waals surface area contributed by atoms with Gasteiger partial charge in [-0.25, -0.2) is 0 Å². The van der Waals surface area contributed by atoms with Gasteiger partial charge in [-0.2, -0.15) is 17.4 Å². The summed E-state index contributed by atoms with van der Waals surface area (Å²) in [5, 5.41) is 8.26. The predicted molar refractivity (Wildman–Crippen MR) is 74.2 cm³/mol. The Bertz CT molecular complexity index is 577. The Hall–Kier alpha value is -0.990. The van der Waals surface area contributed by atoms with E-state index in [0.717, 1.165) is 50.3 Å². The minimum Gasteiger partial charge on any atom is -0.314 e. The van der Waals surface area contributed by atoms with Crippen molar-refractivity contribution >= 4 is 10.2 Å². The maximum atomic E-state index is 12.3. The molecule has 1 aromatic rings. The molecular weight excluding hydrogens is 278 g/mol. The van der Waals surface area contributed by atoms with Crippen molar-refractivity contribution in [1.29, 1.82) is 0 Å². The third-order valence-corrected chi connectivity index (χ3v) is 5.70. The van der Waals surface area contributed by atoms with Crippen LogP contribution in [0.2, 0.25) is 0 Å². The number of hydrogen-bond acceptors (Lipinski definition) is 4. The van der Waals surface area contributed by atoms with Crippen molar-refractivity contribution in [3.63, 3.8) is 0 Å². The summed E-state index contributed by atoms with van der Waals surface area (Å²) in [6, 6.07) is -0.346. The van der Waals surface area contributed by atoms with Crippen LogP contribution < -0.4 is 4.72 Å². The summed E-state index contributed by atoms with van der Waals surface area (Å²) in [4.78, 5) is 0. The van der Waals surface area contributed by atoms with E-state index in [1.807, 2.05) is 11.5 Å². The van der Waals surface area contributed by atoms with Crippen molar-refractivity contribution in [2.75, 3.05) is 13.1 Å². The van der Waals surface area contributed by atoms with Crippen molar-refractivity contribution in [3.8, 4) is 0 Å². The average molecular weight is 299 g/mol. The topological polar surface area (TPSA) is 80.1 Å². The van der Waals surface area contributed by atoms with Crippen LogP contribution in [0.4, 0.5) is 0 Å². The standard InChI is InChI=1S/C12H21N5O2S/c1-10(12-14-13-11-6-5-9-17(11)12)15-20(18,19)16-7-3-2-4-8-16/h10,15H,2-9H2,1H3. The van der Waals surface area contributed by atoms with E-state index in [9.17, 15) is 8.42 Å². The molecule has 1 fully saturated rings. The molecule has 1 aromatic heterocycles. The van der Waals surface area contributed by atoms with Gasteiger partial charge in [-0.15, -0.1) is 10.2 Å². The van der Waals surface area contributed by atoms with Gasteiger partial charge in [0.25, 0.3) is 10.2 Å². The fourth-order valence-electron chi connectivity index (χ4n) is 2.95. The SMILES string of the molecule is CC(NS(=O)(=O)N1CCCCC1)c1nnc2n1CCC2. The van der Waals surface area contributed by atoms with Crippen LogP contribution in [0.3, 0.4) is 0 Å². The molecule has 20 heavy (non-hydrogen) atoms. The van der Waals surface area contributed by atoms with Gasteiger partial charge in [0, 0.05) is 26.1 Å². The predicted octanol–water partition coefficient (Wildman–Crippen LogP) is 0.606. The number of fused-ring (bicyclic) bond motifs is 1. The molecule has 1 atom stereocenters. The third kappa shape index (κ3) is 2.59. The first kappa shape index (κ1) is 14.0. The van der Waals surface area contributed by atoms with E-state index in [1.54, 1.807) is 0 Å². The molecule has 0 spiro atoms. The molecule has 0 amide bonds. The van der Waals surface area contributed by atoms with Crippen LogP contribution >= 0.6 is 0 Å². The van der Waals surface area contributed by atoms with Gasteiger partial charge in [0.1, 0.15) is 5.82 Å². The third-order valence-electron chi connectivity index (χ3n) is 4.01. The van der Waals surface area contributed by atoms with E-state index in [-0.39, 0.29) is 6.04 Å². The summed E-state index contributed by atoms with van der Waals surface area (Å²) in [5.74, 6) is 1.68. The average Bonchev–Trinajstić information content (AvgIpc) is 3.01. The van der Waals surface area contributed by atoms with Crippen LogP contribution in [-0.4, -0.2) is 40.6 Å². The summed E-state index contributed by atoms with van der Waals surface area (Å²) in [5.41, 5.74) is 0. The first-order valence-electron chi connectivity index (χ1n) is 7.27. The fraction of sp³-hybridized carbons (Fsp3) is 0.833. The van der Waals surface area contributed by atoms with Crippen LogP contribution in [-0.2, 0) is 23.2 Å². The molecule has 0 saturated carbocycles. The number of nitrogens with one attached hydrogen (secondary N) is 1. The summed E-state index contributed by atoms with van der Waals surface area (Å²) in [6.45, 7) is 3.94. The van der Waals surface area contributed by atoms with E-state index in [0.29, 0.717) is 13.1 Å². The summed E-state index contributed by atoms with van der Waals surface area (Å²) in [7, 11) is -3.42. The Balaban J connectivity index is 1.73. The largest absolute Gasteiger partial charge is 0.314 e. The lowest BCUT2D eigenvalue weighted by Gasteiger charge is -2.27. The molecule has 8 heteroatoms. The molecule has 3 rings (SSSR count). The second-order valence-corrected chi connectivity index (χ2v) is 7.24. The molecule has 0 aliphatic carbocycles. The molecule has 1 saturated heterocycles. The Morgan fingerprint density at radius 2 is 1.85 bits per heavy atom. The summed E-state index contributed by atoms with van der Waals surface area (Å²) < 4.78 is 31.0. The van der Waals surface area contributed by atoms with Gasteiger partial charge in [0.2, 0.25) is 0 Å². The highest BCUT2D eigenvalue weighted by molar-refractivity contribution is 7.87. The Morgan fingerprint density at radius 3 is 2.60 bits per heavy atom. The minimum atomic E-state index is -3.42. The van der Waals surface area contributed by atoms with Gasteiger partial charge in [0.15, 0.2) is 5.82 Å². The fourth-order valence-corrected chi connectivity index (χ4v) is 4.39. The molecule has 0 radical (unpaired) electrons. The van der Waals surface area contributed by atoms with Crippen molar-refractivity contribution in [1.82, 2.24) is 23.8 Å². The lowest BCUT2D eigenvalue weighted by molar-refractivity contribution is 0.338. The lowest BCUT2D eigenvalue weighted by Crippen LogP contribution is -2.44. The zero-order chi connectivity index (χ0) is 14.2. The lowest BCUT2D eigenvalue weighted by atomic mass is 10.2. The number of nitrogens with zero attached hydrogens (tertiary/aromatic N) is 4. The van der Waals surface area contributed by atoms with Crippen molar-refractivity contribution < 1.29 is 8.42 Å². The van der Waals surface area contributed by atoms with Crippen LogP contribution in [0.5, 0.6) is 0 Å². The molecular formula is C12H21N5O2S. The molecule has 1 N–H and O–H groups in total. The highest BCUT2D eigenvalue weighted by Crippen LogP contribution is 2.20. The zero-order valence-electron chi connectivity index (χ0n) is 11.7. The number of piperidine rings is 1. The first-order chi connectivity index (χ1) is 9.58. The maximum absolute atomic E-state index is 12.3. The zero-order valence-corrected chi connectivity index (χ0v) is 12.6. The van der Waals surface area contributed by atoms with Gasteiger partial charge >= 0.3 is 0 Å². The quantitative estimate of drug-likeness (QED) is 0.883. The van der Waals surface area contributed by atoms with Crippen LogP contribution in [0.25, 0.3) is 0 Å². The Labute approximate surface area is 119 Å². The minimum absolute atomic E-state index is 0.346. The molecule has 2 aliphatic heterocycles.